The van der Waals surface area contributed by atoms with E-state index in [1.54, 1.807) is 11.8 Å². The normalized spacial score (nSPS) is 22.7. The number of amides is 4. The molecule has 0 aromatic heterocycles. The van der Waals surface area contributed by atoms with Gasteiger partial charge in [-0.15, -0.1) is 0 Å². The van der Waals surface area contributed by atoms with Crippen LogP contribution >= 0.6 is 0 Å². The van der Waals surface area contributed by atoms with Gasteiger partial charge in [0.15, 0.2) is 0 Å². The molecule has 0 saturated carbocycles. The van der Waals surface area contributed by atoms with Crippen molar-refractivity contribution in [2.75, 3.05) is 13.1 Å². The van der Waals surface area contributed by atoms with Crippen molar-refractivity contribution in [3.63, 3.8) is 0 Å². The summed E-state index contributed by atoms with van der Waals surface area (Å²) in [7, 11) is 0. The highest BCUT2D eigenvalue weighted by atomic mass is 16.2. The van der Waals surface area contributed by atoms with E-state index >= 15 is 0 Å². The smallest absolute Gasteiger partial charge is 0.325 e. The summed E-state index contributed by atoms with van der Waals surface area (Å²) in [6.07, 6.45) is 3.97. The van der Waals surface area contributed by atoms with Gasteiger partial charge in [0.1, 0.15) is 12.1 Å². The Balaban J connectivity index is 1.33. The summed E-state index contributed by atoms with van der Waals surface area (Å²) in [5, 5.41) is 2.83. The largest absolute Gasteiger partial charge is 0.336 e. The Labute approximate surface area is 175 Å². The molecule has 2 heterocycles. The molecule has 2 aromatic carbocycles. The van der Waals surface area contributed by atoms with Crippen molar-refractivity contribution in [3.8, 4) is 0 Å². The van der Waals surface area contributed by atoms with Gasteiger partial charge in [-0.3, -0.25) is 14.5 Å². The number of carbonyl (C=O) groups is 3. The van der Waals surface area contributed by atoms with Crippen LogP contribution in [0.3, 0.4) is 0 Å². The highest BCUT2D eigenvalue weighted by Crippen LogP contribution is 2.32. The zero-order chi connectivity index (χ0) is 20.9. The second-order valence-electron chi connectivity index (χ2n) is 8.62. The second-order valence-corrected chi connectivity index (χ2v) is 8.62. The van der Waals surface area contributed by atoms with Crippen LogP contribution in [0.2, 0.25) is 0 Å². The Morgan fingerprint density at radius 2 is 1.73 bits per heavy atom. The Morgan fingerprint density at radius 1 is 1.00 bits per heavy atom. The quantitative estimate of drug-likeness (QED) is 0.801. The van der Waals surface area contributed by atoms with Crippen molar-refractivity contribution in [2.45, 2.75) is 44.7 Å². The highest BCUT2D eigenvalue weighted by Gasteiger charge is 2.50. The van der Waals surface area contributed by atoms with E-state index in [0.717, 1.165) is 41.7 Å². The molecule has 154 valence electrons. The third-order valence-electron chi connectivity index (χ3n) is 6.73. The summed E-state index contributed by atoms with van der Waals surface area (Å²) in [5.74, 6) is -0.567. The molecular weight excluding hydrogens is 378 g/mol. The second kappa shape index (κ2) is 6.97. The van der Waals surface area contributed by atoms with E-state index < -0.39 is 11.6 Å². The van der Waals surface area contributed by atoms with Gasteiger partial charge in [-0.2, -0.15) is 0 Å². The zero-order valence-corrected chi connectivity index (χ0v) is 17.1. The lowest BCUT2D eigenvalue weighted by Gasteiger charge is -2.30. The molecule has 0 radical (unpaired) electrons. The number of hydrogen-bond donors (Lipinski definition) is 1. The number of carbonyl (C=O) groups excluding carboxylic acids is 3. The Hall–Kier alpha value is -3.15. The van der Waals surface area contributed by atoms with Crippen molar-refractivity contribution in [2.24, 2.45) is 0 Å². The Bertz CT molecular complexity index is 1060. The van der Waals surface area contributed by atoms with Gasteiger partial charge in [0.25, 0.3) is 5.91 Å². The number of rotatable bonds is 3. The summed E-state index contributed by atoms with van der Waals surface area (Å²) in [4.78, 5) is 41.6. The molecule has 1 fully saturated rings. The summed E-state index contributed by atoms with van der Waals surface area (Å²) in [6.45, 7) is 2.61. The Morgan fingerprint density at radius 3 is 2.57 bits per heavy atom. The molecule has 6 nitrogen and oxygen atoms in total. The molecule has 1 aliphatic carbocycles. The minimum absolute atomic E-state index is 0.203. The average Bonchev–Trinajstić information content (AvgIpc) is 3.31. The molecule has 1 atom stereocenters. The molecule has 3 aliphatic rings. The van der Waals surface area contributed by atoms with Crippen LogP contribution in [0, 0.1) is 0 Å². The maximum atomic E-state index is 13.2. The fraction of sp³-hybridized carbons (Fsp3) is 0.375. The van der Waals surface area contributed by atoms with Gasteiger partial charge in [0, 0.05) is 13.1 Å². The molecule has 6 heteroatoms. The van der Waals surface area contributed by atoms with Gasteiger partial charge in [-0.25, -0.2) is 4.79 Å². The fourth-order valence-electron chi connectivity index (χ4n) is 4.86. The van der Waals surface area contributed by atoms with Gasteiger partial charge in [-0.1, -0.05) is 42.5 Å². The van der Waals surface area contributed by atoms with Crippen LogP contribution in [0.1, 0.15) is 41.2 Å². The summed E-state index contributed by atoms with van der Waals surface area (Å²) in [6, 6.07) is 13.6. The molecule has 1 saturated heterocycles. The van der Waals surface area contributed by atoms with E-state index in [-0.39, 0.29) is 18.4 Å². The van der Waals surface area contributed by atoms with E-state index in [1.807, 2.05) is 30.3 Å². The van der Waals surface area contributed by atoms with Crippen LogP contribution in [0.15, 0.2) is 42.5 Å². The fourth-order valence-corrected chi connectivity index (χ4v) is 4.86. The van der Waals surface area contributed by atoms with Gasteiger partial charge in [0.05, 0.1) is 0 Å². The number of nitrogens with one attached hydrogen (secondary N) is 1. The minimum atomic E-state index is -1.14. The maximum Gasteiger partial charge on any atom is 0.325 e. The number of fused-ring (bicyclic) bond motifs is 2. The third kappa shape index (κ3) is 2.98. The van der Waals surface area contributed by atoms with Gasteiger partial charge in [0.2, 0.25) is 5.91 Å². The molecule has 2 aromatic rings. The number of aryl methyl sites for hydroxylation is 2. The van der Waals surface area contributed by atoms with E-state index in [4.69, 9.17) is 0 Å². The van der Waals surface area contributed by atoms with Crippen molar-refractivity contribution in [1.82, 2.24) is 15.1 Å². The number of benzene rings is 2. The standard InChI is InChI=1S/C24H25N3O3/c1-24(20-10-9-16-7-4-8-18(16)13-20)22(29)27(23(30)25-24)15-21(28)26-12-11-17-5-2-3-6-19(17)14-26/h2-3,5-6,9-10,13H,4,7-8,11-12,14-15H2,1H3,(H,25,30)/t24-/m0/s1. The highest BCUT2D eigenvalue weighted by molar-refractivity contribution is 6.09. The van der Waals surface area contributed by atoms with E-state index in [2.05, 4.69) is 17.4 Å². The van der Waals surface area contributed by atoms with Crippen molar-refractivity contribution < 1.29 is 14.4 Å². The average molecular weight is 403 g/mol. The number of urea groups is 1. The first-order chi connectivity index (χ1) is 14.5. The van der Waals surface area contributed by atoms with Crippen molar-refractivity contribution in [1.29, 1.82) is 0 Å². The summed E-state index contributed by atoms with van der Waals surface area (Å²) >= 11 is 0. The van der Waals surface area contributed by atoms with Crippen LogP contribution in [0.5, 0.6) is 0 Å². The molecule has 5 rings (SSSR count). The van der Waals surface area contributed by atoms with E-state index in [0.29, 0.717) is 13.1 Å². The lowest BCUT2D eigenvalue weighted by molar-refractivity contribution is -0.139. The van der Waals surface area contributed by atoms with Crippen LogP contribution < -0.4 is 5.32 Å². The lowest BCUT2D eigenvalue weighted by Crippen LogP contribution is -2.45. The number of hydrogen-bond acceptors (Lipinski definition) is 3. The molecule has 0 spiro atoms. The SMILES string of the molecule is C[C@@]1(c2ccc3c(c2)CCC3)NC(=O)N(CC(=O)N2CCc3ccccc3C2)C1=O. The minimum Gasteiger partial charge on any atom is -0.336 e. The molecule has 0 bridgehead atoms. The number of nitrogens with zero attached hydrogens (tertiary/aromatic N) is 2. The first-order valence-electron chi connectivity index (χ1n) is 10.6. The summed E-state index contributed by atoms with van der Waals surface area (Å²) < 4.78 is 0. The summed E-state index contributed by atoms with van der Waals surface area (Å²) in [5.41, 5.74) is 4.58. The molecule has 0 unspecified atom stereocenters. The van der Waals surface area contributed by atoms with Crippen molar-refractivity contribution in [3.05, 3.63) is 70.3 Å². The topological polar surface area (TPSA) is 69.7 Å². The van der Waals surface area contributed by atoms with Crippen LogP contribution in [0.4, 0.5) is 4.79 Å². The van der Waals surface area contributed by atoms with Crippen LogP contribution in [0.25, 0.3) is 0 Å². The Kier molecular flexibility index (Phi) is 4.38. The van der Waals surface area contributed by atoms with Gasteiger partial charge >= 0.3 is 6.03 Å². The first kappa shape index (κ1) is 18.9. The van der Waals surface area contributed by atoms with Gasteiger partial charge in [-0.05, 0) is 60.4 Å². The first-order valence-corrected chi connectivity index (χ1v) is 10.6. The third-order valence-corrected chi connectivity index (χ3v) is 6.73. The predicted molar refractivity (Wildman–Crippen MR) is 112 cm³/mol. The van der Waals surface area contributed by atoms with Crippen molar-refractivity contribution >= 4 is 17.8 Å². The lowest BCUT2D eigenvalue weighted by atomic mass is 9.89. The van der Waals surface area contributed by atoms with Crippen LogP contribution in [-0.2, 0) is 40.9 Å². The van der Waals surface area contributed by atoms with Crippen LogP contribution in [-0.4, -0.2) is 40.7 Å². The molecule has 2 aliphatic heterocycles. The molecule has 4 amide bonds. The van der Waals surface area contributed by atoms with E-state index in [1.165, 1.54) is 16.7 Å². The molecule has 30 heavy (non-hydrogen) atoms. The van der Waals surface area contributed by atoms with E-state index in [9.17, 15) is 14.4 Å². The maximum absolute atomic E-state index is 13.2. The van der Waals surface area contributed by atoms with Gasteiger partial charge < -0.3 is 10.2 Å². The number of imide groups is 1. The molecular formula is C24H25N3O3. The monoisotopic (exact) mass is 403 g/mol. The zero-order valence-electron chi connectivity index (χ0n) is 17.1. The predicted octanol–water partition coefficient (Wildman–Crippen LogP) is 2.53. The molecule has 1 N–H and O–H groups in total.